The van der Waals surface area contributed by atoms with Crippen molar-refractivity contribution in [1.82, 2.24) is 14.6 Å². The van der Waals surface area contributed by atoms with Crippen molar-refractivity contribution in [2.24, 2.45) is 0 Å². The van der Waals surface area contributed by atoms with Crippen molar-refractivity contribution in [2.45, 2.75) is 50.2 Å². The van der Waals surface area contributed by atoms with Gasteiger partial charge in [0.05, 0.1) is 4.90 Å². The van der Waals surface area contributed by atoms with E-state index in [-0.39, 0.29) is 0 Å². The summed E-state index contributed by atoms with van der Waals surface area (Å²) in [5.41, 5.74) is 1.04. The van der Waals surface area contributed by atoms with E-state index in [1.165, 1.54) is 12.8 Å². The summed E-state index contributed by atoms with van der Waals surface area (Å²) in [6.07, 6.45) is 7.07. The zero-order valence-electron chi connectivity index (χ0n) is 12.8. The van der Waals surface area contributed by atoms with Crippen LogP contribution in [0.5, 0.6) is 0 Å². The first-order valence-corrected chi connectivity index (χ1v) is 10.4. The summed E-state index contributed by atoms with van der Waals surface area (Å²) in [5.74, 6) is 0.967. The van der Waals surface area contributed by atoms with Crippen LogP contribution in [-0.4, -0.2) is 37.6 Å². The standard InChI is InChI=1S/C14H25N3O2S2/c1-3-17-11-14(9-13(17)10-15-12-5-6-12)21(18,19)16-7-4-8-20-2/h9,11-12,15-16H,3-8,10H2,1-2H3. The summed E-state index contributed by atoms with van der Waals surface area (Å²) in [6.45, 7) is 4.04. The molecule has 1 saturated carbocycles. The van der Waals surface area contributed by atoms with Crippen LogP contribution in [0.3, 0.4) is 0 Å². The van der Waals surface area contributed by atoms with Crippen molar-refractivity contribution < 1.29 is 8.42 Å². The summed E-state index contributed by atoms with van der Waals surface area (Å²) in [6, 6.07) is 2.41. The van der Waals surface area contributed by atoms with E-state index in [9.17, 15) is 8.42 Å². The van der Waals surface area contributed by atoms with Crippen LogP contribution < -0.4 is 10.0 Å². The third kappa shape index (κ3) is 5.02. The lowest BCUT2D eigenvalue weighted by Crippen LogP contribution is -2.24. The second-order valence-corrected chi connectivity index (χ2v) is 8.11. The fourth-order valence-corrected chi connectivity index (χ4v) is 3.73. The Morgan fingerprint density at radius 2 is 2.19 bits per heavy atom. The van der Waals surface area contributed by atoms with E-state index in [0.717, 1.165) is 31.0 Å². The van der Waals surface area contributed by atoms with Crippen LogP contribution in [-0.2, 0) is 23.1 Å². The highest BCUT2D eigenvalue weighted by Gasteiger charge is 2.22. The van der Waals surface area contributed by atoms with Gasteiger partial charge in [-0.05, 0) is 44.3 Å². The Balaban J connectivity index is 1.99. The maximum atomic E-state index is 12.3. The van der Waals surface area contributed by atoms with Crippen molar-refractivity contribution in [1.29, 1.82) is 0 Å². The summed E-state index contributed by atoms with van der Waals surface area (Å²) in [4.78, 5) is 0.376. The lowest BCUT2D eigenvalue weighted by molar-refractivity contribution is 0.580. The highest BCUT2D eigenvalue weighted by atomic mass is 32.2. The predicted molar refractivity (Wildman–Crippen MR) is 88.2 cm³/mol. The van der Waals surface area contributed by atoms with Crippen molar-refractivity contribution in [2.75, 3.05) is 18.6 Å². The van der Waals surface area contributed by atoms with Crippen LogP contribution in [0.25, 0.3) is 0 Å². The molecule has 0 spiro atoms. The SMILES string of the molecule is CCn1cc(S(=O)(=O)NCCCSC)cc1CNC1CC1. The molecule has 0 unspecified atom stereocenters. The van der Waals surface area contributed by atoms with Gasteiger partial charge >= 0.3 is 0 Å². The molecule has 0 bridgehead atoms. The first-order chi connectivity index (χ1) is 10.1. The molecule has 1 aliphatic carbocycles. The molecule has 5 nitrogen and oxygen atoms in total. The molecule has 1 heterocycles. The molecule has 120 valence electrons. The van der Waals surface area contributed by atoms with Gasteiger partial charge in [-0.3, -0.25) is 0 Å². The number of aryl methyl sites for hydroxylation is 1. The van der Waals surface area contributed by atoms with Gasteiger partial charge in [0.15, 0.2) is 0 Å². The Kier molecular flexibility index (Phi) is 6.16. The molecule has 0 atom stereocenters. The third-order valence-electron chi connectivity index (χ3n) is 3.58. The Labute approximate surface area is 131 Å². The summed E-state index contributed by atoms with van der Waals surface area (Å²) < 4.78 is 29.2. The number of hydrogen-bond acceptors (Lipinski definition) is 4. The molecule has 0 aromatic carbocycles. The van der Waals surface area contributed by atoms with Crippen LogP contribution in [0.4, 0.5) is 0 Å². The smallest absolute Gasteiger partial charge is 0.242 e. The molecule has 0 radical (unpaired) electrons. The van der Waals surface area contributed by atoms with Crippen LogP contribution in [0.15, 0.2) is 17.2 Å². The number of aromatic nitrogens is 1. The second kappa shape index (κ2) is 7.67. The Bertz CT molecular complexity index is 551. The van der Waals surface area contributed by atoms with Crippen LogP contribution in [0.1, 0.15) is 31.9 Å². The van der Waals surface area contributed by atoms with E-state index in [1.807, 2.05) is 17.7 Å². The maximum Gasteiger partial charge on any atom is 0.242 e. The largest absolute Gasteiger partial charge is 0.349 e. The van der Waals surface area contributed by atoms with Crippen molar-refractivity contribution in [3.63, 3.8) is 0 Å². The molecule has 1 aliphatic rings. The van der Waals surface area contributed by atoms with Gasteiger partial charge in [-0.15, -0.1) is 0 Å². The van der Waals surface area contributed by atoms with Crippen LogP contribution in [0.2, 0.25) is 0 Å². The summed E-state index contributed by atoms with van der Waals surface area (Å²) in [5, 5.41) is 3.43. The minimum absolute atomic E-state index is 0.376. The summed E-state index contributed by atoms with van der Waals surface area (Å²) in [7, 11) is -3.38. The van der Waals surface area contributed by atoms with Crippen molar-refractivity contribution in [3.8, 4) is 0 Å². The van der Waals surface area contributed by atoms with Crippen molar-refractivity contribution in [3.05, 3.63) is 18.0 Å². The predicted octanol–water partition coefficient (Wildman–Crippen LogP) is 1.79. The Morgan fingerprint density at radius 3 is 2.81 bits per heavy atom. The fourth-order valence-electron chi connectivity index (χ4n) is 2.16. The molecule has 0 aliphatic heterocycles. The number of nitrogens with one attached hydrogen (secondary N) is 2. The minimum Gasteiger partial charge on any atom is -0.349 e. The average molecular weight is 332 g/mol. The van der Waals surface area contributed by atoms with Gasteiger partial charge in [0.25, 0.3) is 0 Å². The first-order valence-electron chi connectivity index (χ1n) is 7.48. The molecular formula is C14H25N3O2S2. The lowest BCUT2D eigenvalue weighted by atomic mass is 10.4. The molecule has 21 heavy (non-hydrogen) atoms. The quantitative estimate of drug-likeness (QED) is 0.642. The minimum atomic E-state index is -3.38. The van der Waals surface area contributed by atoms with Gasteiger partial charge in [0.1, 0.15) is 0 Å². The number of hydrogen-bond donors (Lipinski definition) is 2. The molecule has 7 heteroatoms. The fraction of sp³-hybridized carbons (Fsp3) is 0.714. The second-order valence-electron chi connectivity index (χ2n) is 5.35. The van der Waals surface area contributed by atoms with Crippen LogP contribution >= 0.6 is 11.8 Å². The van der Waals surface area contributed by atoms with Gasteiger partial charge < -0.3 is 9.88 Å². The third-order valence-corrected chi connectivity index (χ3v) is 5.70. The Hall–Kier alpha value is -0.500. The first kappa shape index (κ1) is 16.9. The monoisotopic (exact) mass is 331 g/mol. The number of rotatable bonds is 10. The molecular weight excluding hydrogens is 306 g/mol. The van der Waals surface area contributed by atoms with Crippen LogP contribution in [0, 0.1) is 0 Å². The maximum absolute atomic E-state index is 12.3. The highest BCUT2D eigenvalue weighted by Crippen LogP contribution is 2.20. The number of thioether (sulfide) groups is 1. The molecule has 0 saturated heterocycles. The zero-order chi connectivity index (χ0) is 15.3. The molecule has 1 aromatic rings. The van der Waals surface area contributed by atoms with Gasteiger partial charge in [-0.1, -0.05) is 0 Å². The topological polar surface area (TPSA) is 63.1 Å². The van der Waals surface area contributed by atoms with E-state index in [4.69, 9.17) is 0 Å². The lowest BCUT2D eigenvalue weighted by Gasteiger charge is -2.06. The van der Waals surface area contributed by atoms with E-state index < -0.39 is 10.0 Å². The van der Waals surface area contributed by atoms with Gasteiger partial charge in [-0.25, -0.2) is 13.1 Å². The molecule has 1 fully saturated rings. The highest BCUT2D eigenvalue weighted by molar-refractivity contribution is 7.98. The molecule has 2 rings (SSSR count). The van der Waals surface area contributed by atoms with E-state index >= 15 is 0 Å². The average Bonchev–Trinajstić information content (AvgIpc) is 3.19. The number of sulfonamides is 1. The van der Waals surface area contributed by atoms with Gasteiger partial charge in [0, 0.05) is 37.6 Å². The van der Waals surface area contributed by atoms with Crippen molar-refractivity contribution >= 4 is 21.8 Å². The van der Waals surface area contributed by atoms with Gasteiger partial charge in [-0.2, -0.15) is 11.8 Å². The summed E-state index contributed by atoms with van der Waals surface area (Å²) >= 11 is 1.73. The van der Waals surface area contributed by atoms with E-state index in [2.05, 4.69) is 10.0 Å². The Morgan fingerprint density at radius 1 is 1.43 bits per heavy atom. The number of nitrogens with zero attached hydrogens (tertiary/aromatic N) is 1. The van der Waals surface area contributed by atoms with E-state index in [0.29, 0.717) is 17.5 Å². The molecule has 2 N–H and O–H groups in total. The zero-order valence-corrected chi connectivity index (χ0v) is 14.4. The normalized spacial score (nSPS) is 15.5. The van der Waals surface area contributed by atoms with E-state index in [1.54, 1.807) is 24.0 Å². The molecule has 1 aromatic heterocycles. The van der Waals surface area contributed by atoms with Gasteiger partial charge in [0.2, 0.25) is 10.0 Å². The molecule has 0 amide bonds.